The van der Waals surface area contributed by atoms with Gasteiger partial charge in [0.2, 0.25) is 0 Å². The Morgan fingerprint density at radius 1 is 1.30 bits per heavy atom. The van der Waals surface area contributed by atoms with Crippen LogP contribution in [0.25, 0.3) is 21.3 Å². The smallest absolute Gasteiger partial charge is 0.329 e. The molecule has 0 spiro atoms. The van der Waals surface area contributed by atoms with Crippen LogP contribution in [0.4, 0.5) is 22.0 Å². The van der Waals surface area contributed by atoms with Gasteiger partial charge in [-0.05, 0) is 43.4 Å². The second kappa shape index (κ2) is 7.49. The molecule has 0 amide bonds. The molecule has 1 fully saturated rings. The molecule has 0 saturated heterocycles. The molecule has 1 atom stereocenters. The number of nitrogens with zero attached hydrogens (tertiary/aromatic N) is 1. The first kappa shape index (κ1) is 22.3. The first-order valence-corrected chi connectivity index (χ1v) is 11.3. The summed E-state index contributed by atoms with van der Waals surface area (Å²) in [7, 11) is 0. The Balaban J connectivity index is 1.86. The van der Waals surface area contributed by atoms with Crippen molar-refractivity contribution in [2.45, 2.75) is 56.9 Å². The van der Waals surface area contributed by atoms with E-state index in [1.165, 1.54) is 17.6 Å². The SMILES string of the molecule is Cc1c(-c2cc3c(s2)CCC(F)(F)C3CO)c(F)c(C(F)F)c2c(=O)[nH]c(=O)n(C3CC3)c12. The van der Waals surface area contributed by atoms with Crippen LogP contribution in [-0.2, 0) is 6.42 Å². The third kappa shape index (κ3) is 3.27. The van der Waals surface area contributed by atoms with Crippen LogP contribution < -0.4 is 11.2 Å². The molecule has 0 radical (unpaired) electrons. The summed E-state index contributed by atoms with van der Waals surface area (Å²) in [5, 5.41) is 8.99. The van der Waals surface area contributed by atoms with Crippen molar-refractivity contribution in [1.29, 1.82) is 0 Å². The van der Waals surface area contributed by atoms with Crippen molar-refractivity contribution in [3.8, 4) is 10.4 Å². The number of aryl methyl sites for hydroxylation is 2. The first-order valence-electron chi connectivity index (χ1n) is 10.5. The quantitative estimate of drug-likeness (QED) is 0.521. The third-order valence-electron chi connectivity index (χ3n) is 6.57. The Morgan fingerprint density at radius 3 is 2.61 bits per heavy atom. The van der Waals surface area contributed by atoms with Crippen molar-refractivity contribution in [2.24, 2.45) is 0 Å². The van der Waals surface area contributed by atoms with Crippen molar-refractivity contribution in [1.82, 2.24) is 9.55 Å². The number of hydrogen-bond donors (Lipinski definition) is 2. The van der Waals surface area contributed by atoms with Gasteiger partial charge in [-0.1, -0.05) is 0 Å². The fourth-order valence-electron chi connectivity index (χ4n) is 4.84. The summed E-state index contributed by atoms with van der Waals surface area (Å²) in [5.41, 5.74) is -2.99. The average Bonchev–Trinajstić information content (AvgIpc) is 3.47. The predicted molar refractivity (Wildman–Crippen MR) is 113 cm³/mol. The number of fused-ring (bicyclic) bond motifs is 2. The van der Waals surface area contributed by atoms with Crippen molar-refractivity contribution in [3.63, 3.8) is 0 Å². The van der Waals surface area contributed by atoms with E-state index in [0.717, 1.165) is 11.3 Å². The number of hydrogen-bond acceptors (Lipinski definition) is 4. The molecule has 176 valence electrons. The lowest BCUT2D eigenvalue weighted by molar-refractivity contribution is -0.0554. The van der Waals surface area contributed by atoms with Crippen molar-refractivity contribution in [3.05, 3.63) is 54.3 Å². The molecule has 5 nitrogen and oxygen atoms in total. The van der Waals surface area contributed by atoms with Crippen LogP contribution in [0.5, 0.6) is 0 Å². The van der Waals surface area contributed by atoms with Gasteiger partial charge in [-0.2, -0.15) is 0 Å². The van der Waals surface area contributed by atoms with E-state index < -0.39 is 59.3 Å². The van der Waals surface area contributed by atoms with Gasteiger partial charge in [0.15, 0.2) is 0 Å². The highest BCUT2D eigenvalue weighted by Crippen LogP contribution is 2.50. The zero-order valence-corrected chi connectivity index (χ0v) is 18.2. The molecule has 0 aliphatic heterocycles. The number of rotatable bonds is 4. The van der Waals surface area contributed by atoms with E-state index in [1.54, 1.807) is 0 Å². The van der Waals surface area contributed by atoms with Crippen LogP contribution >= 0.6 is 11.3 Å². The van der Waals surface area contributed by atoms with Crippen molar-refractivity contribution in [2.75, 3.05) is 6.61 Å². The number of aliphatic hydroxyl groups excluding tert-OH is 1. The highest BCUT2D eigenvalue weighted by Gasteiger charge is 2.45. The third-order valence-corrected chi connectivity index (χ3v) is 7.80. The van der Waals surface area contributed by atoms with E-state index in [-0.39, 0.29) is 39.5 Å². The van der Waals surface area contributed by atoms with Crippen molar-refractivity contribution < 1.29 is 27.1 Å². The number of aromatic nitrogens is 2. The summed E-state index contributed by atoms with van der Waals surface area (Å²) in [6.07, 6.45) is -2.60. The molecule has 1 unspecified atom stereocenters. The summed E-state index contributed by atoms with van der Waals surface area (Å²) in [4.78, 5) is 27.7. The largest absolute Gasteiger partial charge is 0.396 e. The molecule has 2 heterocycles. The van der Waals surface area contributed by atoms with Crippen LogP contribution in [0, 0.1) is 12.7 Å². The summed E-state index contributed by atoms with van der Waals surface area (Å²) in [6.45, 7) is 0.624. The minimum atomic E-state index is -3.35. The lowest BCUT2D eigenvalue weighted by Crippen LogP contribution is -2.33. The van der Waals surface area contributed by atoms with Crippen LogP contribution in [0.15, 0.2) is 15.7 Å². The Kier molecular flexibility index (Phi) is 5.06. The Morgan fingerprint density at radius 2 is 2.00 bits per heavy atom. The predicted octanol–water partition coefficient (Wildman–Crippen LogP) is 4.80. The molecular weight excluding hydrogens is 467 g/mol. The summed E-state index contributed by atoms with van der Waals surface area (Å²) in [6, 6.07) is 1.01. The average molecular weight is 486 g/mol. The van der Waals surface area contributed by atoms with Gasteiger partial charge in [-0.15, -0.1) is 11.3 Å². The molecule has 3 aromatic rings. The second-order valence-electron chi connectivity index (χ2n) is 8.60. The van der Waals surface area contributed by atoms with Gasteiger partial charge in [0.05, 0.1) is 29.0 Å². The number of aliphatic hydroxyl groups is 1. The topological polar surface area (TPSA) is 75.1 Å². The summed E-state index contributed by atoms with van der Waals surface area (Å²) in [5.74, 6) is -5.94. The molecular formula is C22H19F5N2O3S. The molecule has 2 N–H and O–H groups in total. The minimum absolute atomic E-state index is 0.00586. The highest BCUT2D eigenvalue weighted by atomic mass is 32.1. The Bertz CT molecular complexity index is 1400. The first-order chi connectivity index (χ1) is 15.6. The molecule has 0 bridgehead atoms. The zero-order chi connectivity index (χ0) is 23.8. The second-order valence-corrected chi connectivity index (χ2v) is 9.73. The number of nitrogens with one attached hydrogen (secondary N) is 1. The fraction of sp³-hybridized carbons (Fsp3) is 0.455. The van der Waals surface area contributed by atoms with Gasteiger partial charge < -0.3 is 5.11 Å². The maximum absolute atomic E-state index is 15.6. The van der Waals surface area contributed by atoms with Crippen LogP contribution in [0.1, 0.15) is 59.2 Å². The monoisotopic (exact) mass is 486 g/mol. The Labute approximate surface area is 187 Å². The molecule has 2 aliphatic rings. The van der Waals surface area contributed by atoms with E-state index in [4.69, 9.17) is 0 Å². The summed E-state index contributed by atoms with van der Waals surface area (Å²) < 4.78 is 73.6. The lowest BCUT2D eigenvalue weighted by atomic mass is 9.84. The van der Waals surface area contributed by atoms with Gasteiger partial charge in [0.25, 0.3) is 17.9 Å². The highest BCUT2D eigenvalue weighted by molar-refractivity contribution is 7.15. The van der Waals surface area contributed by atoms with E-state index in [1.807, 2.05) is 4.98 Å². The van der Waals surface area contributed by atoms with Gasteiger partial charge in [-0.3, -0.25) is 14.3 Å². The zero-order valence-electron chi connectivity index (χ0n) is 17.4. The lowest BCUT2D eigenvalue weighted by Gasteiger charge is -2.30. The number of halogens is 5. The van der Waals surface area contributed by atoms with Gasteiger partial charge >= 0.3 is 5.69 Å². The van der Waals surface area contributed by atoms with E-state index in [0.29, 0.717) is 17.7 Å². The number of benzene rings is 1. The van der Waals surface area contributed by atoms with E-state index in [2.05, 4.69) is 0 Å². The minimum Gasteiger partial charge on any atom is -0.396 e. The maximum Gasteiger partial charge on any atom is 0.329 e. The van der Waals surface area contributed by atoms with E-state index >= 15 is 4.39 Å². The molecule has 1 aromatic carbocycles. The fourth-order valence-corrected chi connectivity index (χ4v) is 6.16. The van der Waals surface area contributed by atoms with Gasteiger partial charge in [0, 0.05) is 27.8 Å². The van der Waals surface area contributed by atoms with Crippen molar-refractivity contribution >= 4 is 22.2 Å². The normalized spacial score (nSPS) is 19.9. The Hall–Kier alpha value is -2.53. The van der Waals surface area contributed by atoms with E-state index in [9.17, 15) is 32.3 Å². The maximum atomic E-state index is 15.6. The number of alkyl halides is 4. The standard InChI is InChI=1S/C22H19F5N2O3S/c1-8-14(13-6-10-11(7-30)22(26,27)5-4-12(10)33-13)17(23)15(19(24)25)16-18(8)29(9-2-3-9)21(32)28-20(16)31/h6,9,11,19,30H,2-5,7H2,1H3,(H,28,31,32). The van der Waals surface area contributed by atoms with Crippen LogP contribution in [0.3, 0.4) is 0 Å². The molecule has 11 heteroatoms. The number of thiophene rings is 1. The number of H-pyrrole nitrogens is 1. The van der Waals surface area contributed by atoms with Gasteiger partial charge in [0.1, 0.15) is 5.82 Å². The molecule has 1 saturated carbocycles. The molecule has 2 aliphatic carbocycles. The van der Waals surface area contributed by atoms with Gasteiger partial charge in [-0.25, -0.2) is 26.7 Å². The van der Waals surface area contributed by atoms with Crippen LogP contribution in [0.2, 0.25) is 0 Å². The number of aromatic amines is 1. The molecule has 33 heavy (non-hydrogen) atoms. The summed E-state index contributed by atoms with van der Waals surface area (Å²) >= 11 is 1.00. The molecule has 2 aromatic heterocycles. The van der Waals surface area contributed by atoms with Crippen LogP contribution in [-0.4, -0.2) is 27.2 Å². The molecule has 5 rings (SSSR count).